The first-order valence-electron chi connectivity index (χ1n) is 6.68. The summed E-state index contributed by atoms with van der Waals surface area (Å²) in [4.78, 5) is 11.7. The predicted octanol–water partition coefficient (Wildman–Crippen LogP) is 2.16. The molecule has 1 amide bonds. The lowest BCUT2D eigenvalue weighted by Gasteiger charge is -2.23. The van der Waals surface area contributed by atoms with E-state index in [0.29, 0.717) is 19.5 Å². The van der Waals surface area contributed by atoms with E-state index in [-0.39, 0.29) is 17.1 Å². The van der Waals surface area contributed by atoms with Crippen LogP contribution in [0.4, 0.5) is 0 Å². The van der Waals surface area contributed by atoms with Crippen LogP contribution in [0.2, 0.25) is 0 Å². The van der Waals surface area contributed by atoms with Gasteiger partial charge in [-0.3, -0.25) is 4.79 Å². The minimum Gasteiger partial charge on any atom is -0.508 e. The third-order valence-electron chi connectivity index (χ3n) is 3.28. The molecule has 0 spiro atoms. The molecule has 0 aliphatic rings. The van der Waals surface area contributed by atoms with Gasteiger partial charge in [0.2, 0.25) is 5.91 Å². The number of amides is 1. The number of carbonyl (C=O) groups is 1. The van der Waals surface area contributed by atoms with Crippen molar-refractivity contribution < 1.29 is 9.90 Å². The normalized spacial score (nSPS) is 11.3. The number of carbonyl (C=O) groups excluding carboxylic acids is 1. The third-order valence-corrected chi connectivity index (χ3v) is 3.28. The summed E-state index contributed by atoms with van der Waals surface area (Å²) in [6, 6.07) is 6.83. The molecule has 4 heteroatoms. The van der Waals surface area contributed by atoms with Gasteiger partial charge in [0.15, 0.2) is 0 Å². The maximum atomic E-state index is 11.7. The van der Waals surface area contributed by atoms with Crippen LogP contribution in [0.25, 0.3) is 0 Å². The summed E-state index contributed by atoms with van der Waals surface area (Å²) in [5, 5.41) is 12.0. The SMILES string of the molecule is CC(C)(CCN)CCC(=O)NCc1ccc(O)cc1. The maximum absolute atomic E-state index is 11.7. The number of nitrogens with one attached hydrogen (secondary N) is 1. The Morgan fingerprint density at radius 3 is 2.47 bits per heavy atom. The molecule has 0 saturated heterocycles. The lowest BCUT2D eigenvalue weighted by Crippen LogP contribution is -2.25. The largest absolute Gasteiger partial charge is 0.508 e. The topological polar surface area (TPSA) is 75.4 Å². The number of hydrogen-bond donors (Lipinski definition) is 3. The second kappa shape index (κ2) is 7.14. The van der Waals surface area contributed by atoms with E-state index in [4.69, 9.17) is 10.8 Å². The molecule has 0 saturated carbocycles. The first kappa shape index (κ1) is 15.5. The van der Waals surface area contributed by atoms with Crippen molar-refractivity contribution in [2.75, 3.05) is 6.54 Å². The highest BCUT2D eigenvalue weighted by molar-refractivity contribution is 5.75. The standard InChI is InChI=1S/C15H24N2O2/c1-15(2,9-10-16)8-7-14(19)17-11-12-3-5-13(18)6-4-12/h3-6,18H,7-11,16H2,1-2H3,(H,17,19). The molecule has 0 bridgehead atoms. The van der Waals surface area contributed by atoms with Crippen LogP contribution in [0.1, 0.15) is 38.7 Å². The molecule has 106 valence electrons. The van der Waals surface area contributed by atoms with Gasteiger partial charge in [0.1, 0.15) is 5.75 Å². The molecular formula is C15H24N2O2. The molecule has 0 atom stereocenters. The zero-order chi connectivity index (χ0) is 14.3. The fourth-order valence-corrected chi connectivity index (χ4v) is 1.87. The summed E-state index contributed by atoms with van der Waals surface area (Å²) in [7, 11) is 0. The van der Waals surface area contributed by atoms with E-state index in [1.54, 1.807) is 24.3 Å². The lowest BCUT2D eigenvalue weighted by atomic mass is 9.84. The first-order chi connectivity index (χ1) is 8.93. The van der Waals surface area contributed by atoms with E-state index in [9.17, 15) is 4.79 Å². The van der Waals surface area contributed by atoms with Crippen LogP contribution in [0.5, 0.6) is 5.75 Å². The van der Waals surface area contributed by atoms with Crippen LogP contribution in [-0.2, 0) is 11.3 Å². The van der Waals surface area contributed by atoms with E-state index in [1.165, 1.54) is 0 Å². The van der Waals surface area contributed by atoms with Crippen molar-refractivity contribution in [1.82, 2.24) is 5.32 Å². The summed E-state index contributed by atoms with van der Waals surface area (Å²) in [6.45, 7) is 5.42. The Labute approximate surface area is 115 Å². The average molecular weight is 264 g/mol. The molecule has 0 fully saturated rings. The molecule has 19 heavy (non-hydrogen) atoms. The van der Waals surface area contributed by atoms with Crippen LogP contribution in [0, 0.1) is 5.41 Å². The number of nitrogens with two attached hydrogens (primary N) is 1. The van der Waals surface area contributed by atoms with Crippen molar-refractivity contribution >= 4 is 5.91 Å². The van der Waals surface area contributed by atoms with Crippen LogP contribution >= 0.6 is 0 Å². The Balaban J connectivity index is 2.30. The molecular weight excluding hydrogens is 240 g/mol. The van der Waals surface area contributed by atoms with Crippen molar-refractivity contribution in [1.29, 1.82) is 0 Å². The Morgan fingerprint density at radius 2 is 1.89 bits per heavy atom. The highest BCUT2D eigenvalue weighted by Crippen LogP contribution is 2.25. The highest BCUT2D eigenvalue weighted by atomic mass is 16.3. The molecule has 0 aromatic heterocycles. The van der Waals surface area contributed by atoms with Gasteiger partial charge in [0.25, 0.3) is 0 Å². The minimum atomic E-state index is 0.0539. The molecule has 0 unspecified atom stereocenters. The van der Waals surface area contributed by atoms with Crippen LogP contribution < -0.4 is 11.1 Å². The molecule has 1 rings (SSSR count). The molecule has 1 aromatic carbocycles. The van der Waals surface area contributed by atoms with E-state index in [1.807, 2.05) is 0 Å². The number of phenols is 1. The predicted molar refractivity (Wildman–Crippen MR) is 76.6 cm³/mol. The molecule has 0 aliphatic heterocycles. The van der Waals surface area contributed by atoms with Crippen molar-refractivity contribution in [2.24, 2.45) is 11.1 Å². The summed E-state index contributed by atoms with van der Waals surface area (Å²) in [5.74, 6) is 0.289. The molecule has 1 aromatic rings. The monoisotopic (exact) mass is 264 g/mol. The van der Waals surface area contributed by atoms with Gasteiger partial charge < -0.3 is 16.2 Å². The van der Waals surface area contributed by atoms with E-state index < -0.39 is 0 Å². The zero-order valence-electron chi connectivity index (χ0n) is 11.8. The molecule has 4 N–H and O–H groups in total. The number of phenolic OH excluding ortho intramolecular Hbond substituents is 1. The second-order valence-electron chi connectivity index (χ2n) is 5.65. The summed E-state index contributed by atoms with van der Waals surface area (Å²) < 4.78 is 0. The lowest BCUT2D eigenvalue weighted by molar-refractivity contribution is -0.121. The zero-order valence-corrected chi connectivity index (χ0v) is 11.8. The Bertz CT molecular complexity index is 399. The molecule has 0 aliphatic carbocycles. The van der Waals surface area contributed by atoms with Gasteiger partial charge >= 0.3 is 0 Å². The first-order valence-corrected chi connectivity index (χ1v) is 6.68. The number of aromatic hydroxyl groups is 1. The molecule has 4 nitrogen and oxygen atoms in total. The van der Waals surface area contributed by atoms with Gasteiger partial charge in [0, 0.05) is 13.0 Å². The van der Waals surface area contributed by atoms with E-state index in [0.717, 1.165) is 18.4 Å². The minimum absolute atomic E-state index is 0.0539. The second-order valence-corrected chi connectivity index (χ2v) is 5.65. The fraction of sp³-hybridized carbons (Fsp3) is 0.533. The van der Waals surface area contributed by atoms with Crippen LogP contribution in [-0.4, -0.2) is 17.6 Å². The Morgan fingerprint density at radius 1 is 1.26 bits per heavy atom. The average Bonchev–Trinajstić information content (AvgIpc) is 2.36. The Hall–Kier alpha value is -1.55. The van der Waals surface area contributed by atoms with Crippen LogP contribution in [0.3, 0.4) is 0 Å². The number of hydrogen-bond acceptors (Lipinski definition) is 3. The Kier molecular flexibility index (Phi) is 5.83. The highest BCUT2D eigenvalue weighted by Gasteiger charge is 2.18. The quantitative estimate of drug-likeness (QED) is 0.706. The van der Waals surface area contributed by atoms with Gasteiger partial charge in [-0.1, -0.05) is 26.0 Å². The van der Waals surface area contributed by atoms with Gasteiger partial charge in [-0.25, -0.2) is 0 Å². The van der Waals surface area contributed by atoms with E-state index in [2.05, 4.69) is 19.2 Å². The smallest absolute Gasteiger partial charge is 0.220 e. The van der Waals surface area contributed by atoms with Gasteiger partial charge in [0.05, 0.1) is 0 Å². The summed E-state index contributed by atoms with van der Waals surface area (Å²) >= 11 is 0. The van der Waals surface area contributed by atoms with Gasteiger partial charge in [-0.05, 0) is 42.5 Å². The number of benzene rings is 1. The molecule has 0 radical (unpaired) electrons. The molecule has 0 heterocycles. The summed E-state index contributed by atoms with van der Waals surface area (Å²) in [6.07, 6.45) is 2.29. The van der Waals surface area contributed by atoms with Gasteiger partial charge in [-0.2, -0.15) is 0 Å². The van der Waals surface area contributed by atoms with Crippen LogP contribution in [0.15, 0.2) is 24.3 Å². The van der Waals surface area contributed by atoms with Crippen molar-refractivity contribution in [3.05, 3.63) is 29.8 Å². The van der Waals surface area contributed by atoms with Gasteiger partial charge in [-0.15, -0.1) is 0 Å². The maximum Gasteiger partial charge on any atom is 0.220 e. The van der Waals surface area contributed by atoms with Crippen molar-refractivity contribution in [3.8, 4) is 5.75 Å². The third kappa shape index (κ3) is 6.25. The van der Waals surface area contributed by atoms with Crippen molar-refractivity contribution in [3.63, 3.8) is 0 Å². The van der Waals surface area contributed by atoms with Crippen molar-refractivity contribution in [2.45, 2.75) is 39.7 Å². The number of rotatable bonds is 7. The van der Waals surface area contributed by atoms with E-state index >= 15 is 0 Å². The fourth-order valence-electron chi connectivity index (χ4n) is 1.87. The summed E-state index contributed by atoms with van der Waals surface area (Å²) in [5.41, 5.74) is 6.64.